The second kappa shape index (κ2) is 5.95. The van der Waals surface area contributed by atoms with E-state index in [9.17, 15) is 19.5 Å². The first-order valence-electron chi connectivity index (χ1n) is 6.86. The van der Waals surface area contributed by atoms with Crippen molar-refractivity contribution in [2.75, 3.05) is 5.32 Å². The third-order valence-electron chi connectivity index (χ3n) is 3.66. The van der Waals surface area contributed by atoms with Gasteiger partial charge >= 0.3 is 5.97 Å². The average molecular weight is 290 g/mol. The first-order valence-corrected chi connectivity index (χ1v) is 6.86. The van der Waals surface area contributed by atoms with Crippen LogP contribution in [-0.2, 0) is 9.59 Å². The lowest BCUT2D eigenvalue weighted by Crippen LogP contribution is -2.52. The Morgan fingerprint density at radius 3 is 2.43 bits per heavy atom. The van der Waals surface area contributed by atoms with Gasteiger partial charge in [0.2, 0.25) is 5.91 Å². The van der Waals surface area contributed by atoms with E-state index in [2.05, 4.69) is 10.6 Å². The number of amides is 2. The second-order valence-corrected chi connectivity index (χ2v) is 5.31. The molecule has 0 saturated heterocycles. The average Bonchev–Trinajstić information content (AvgIpc) is 2.88. The molecule has 0 aliphatic heterocycles. The highest BCUT2D eigenvalue weighted by Gasteiger charge is 2.42. The zero-order valence-electron chi connectivity index (χ0n) is 11.8. The van der Waals surface area contributed by atoms with E-state index in [1.165, 1.54) is 13.0 Å². The first-order chi connectivity index (χ1) is 9.93. The van der Waals surface area contributed by atoms with Crippen molar-refractivity contribution in [2.45, 2.75) is 38.1 Å². The molecule has 6 nitrogen and oxygen atoms in total. The van der Waals surface area contributed by atoms with E-state index in [4.69, 9.17) is 0 Å². The fraction of sp³-hybridized carbons (Fsp3) is 0.400. The molecule has 2 amide bonds. The molecule has 3 N–H and O–H groups in total. The molecule has 0 heterocycles. The maximum Gasteiger partial charge on any atom is 0.329 e. The lowest BCUT2D eigenvalue weighted by molar-refractivity contribution is -0.144. The highest BCUT2D eigenvalue weighted by molar-refractivity contribution is 5.99. The zero-order valence-corrected chi connectivity index (χ0v) is 11.8. The highest BCUT2D eigenvalue weighted by Crippen LogP contribution is 2.30. The van der Waals surface area contributed by atoms with Crippen molar-refractivity contribution in [1.29, 1.82) is 0 Å². The SMILES string of the molecule is CC(=O)Nc1cccc(C(=O)NC2(C(=O)O)CCCC2)c1. The van der Waals surface area contributed by atoms with Crippen LogP contribution in [0.1, 0.15) is 43.0 Å². The van der Waals surface area contributed by atoms with Crippen LogP contribution in [0, 0.1) is 0 Å². The van der Waals surface area contributed by atoms with Crippen LogP contribution < -0.4 is 10.6 Å². The number of benzene rings is 1. The van der Waals surface area contributed by atoms with Crippen LogP contribution >= 0.6 is 0 Å². The van der Waals surface area contributed by atoms with Gasteiger partial charge in [0.05, 0.1) is 0 Å². The minimum Gasteiger partial charge on any atom is -0.480 e. The number of carboxylic acids is 1. The predicted molar refractivity (Wildman–Crippen MR) is 77.0 cm³/mol. The smallest absolute Gasteiger partial charge is 0.329 e. The predicted octanol–water partition coefficient (Wildman–Crippen LogP) is 1.77. The van der Waals surface area contributed by atoms with E-state index in [-0.39, 0.29) is 5.91 Å². The van der Waals surface area contributed by atoms with Gasteiger partial charge in [0.1, 0.15) is 5.54 Å². The first kappa shape index (κ1) is 15.0. The Balaban J connectivity index is 2.16. The molecule has 0 atom stereocenters. The van der Waals surface area contributed by atoms with Crippen molar-refractivity contribution < 1.29 is 19.5 Å². The number of carbonyl (C=O) groups is 3. The molecule has 1 aliphatic carbocycles. The third kappa shape index (κ3) is 3.39. The Labute approximate surface area is 122 Å². The molecule has 21 heavy (non-hydrogen) atoms. The van der Waals surface area contributed by atoms with E-state index in [0.29, 0.717) is 24.1 Å². The number of nitrogens with one attached hydrogen (secondary N) is 2. The summed E-state index contributed by atoms with van der Waals surface area (Å²) in [5.74, 6) is -1.66. The Morgan fingerprint density at radius 1 is 1.19 bits per heavy atom. The van der Waals surface area contributed by atoms with E-state index >= 15 is 0 Å². The summed E-state index contributed by atoms with van der Waals surface area (Å²) >= 11 is 0. The third-order valence-corrected chi connectivity index (χ3v) is 3.66. The molecule has 1 saturated carbocycles. The summed E-state index contributed by atoms with van der Waals surface area (Å²) in [6.07, 6.45) is 2.47. The Bertz CT molecular complexity index is 577. The molecule has 1 aliphatic rings. The molecule has 0 radical (unpaired) electrons. The fourth-order valence-corrected chi connectivity index (χ4v) is 2.60. The van der Waals surface area contributed by atoms with Crippen LogP contribution in [0.25, 0.3) is 0 Å². The van der Waals surface area contributed by atoms with Crippen LogP contribution in [0.5, 0.6) is 0 Å². The van der Waals surface area contributed by atoms with Crippen molar-refractivity contribution in [3.05, 3.63) is 29.8 Å². The summed E-state index contributed by atoms with van der Waals surface area (Å²) in [6, 6.07) is 6.43. The van der Waals surface area contributed by atoms with Crippen molar-refractivity contribution in [1.82, 2.24) is 5.32 Å². The molecule has 6 heteroatoms. The highest BCUT2D eigenvalue weighted by atomic mass is 16.4. The molecule has 0 spiro atoms. The molecular formula is C15H18N2O4. The largest absolute Gasteiger partial charge is 0.480 e. The van der Waals surface area contributed by atoms with Gasteiger partial charge < -0.3 is 15.7 Å². The molecule has 2 rings (SSSR count). The van der Waals surface area contributed by atoms with Gasteiger partial charge in [-0.15, -0.1) is 0 Å². The van der Waals surface area contributed by atoms with Gasteiger partial charge in [0, 0.05) is 18.2 Å². The topological polar surface area (TPSA) is 95.5 Å². The number of carbonyl (C=O) groups excluding carboxylic acids is 2. The lowest BCUT2D eigenvalue weighted by Gasteiger charge is -2.25. The summed E-state index contributed by atoms with van der Waals surface area (Å²) < 4.78 is 0. The van der Waals surface area contributed by atoms with Crippen LogP contribution in [-0.4, -0.2) is 28.4 Å². The van der Waals surface area contributed by atoms with Crippen molar-refractivity contribution in [3.63, 3.8) is 0 Å². The van der Waals surface area contributed by atoms with E-state index < -0.39 is 17.4 Å². The quantitative estimate of drug-likeness (QED) is 0.787. The monoisotopic (exact) mass is 290 g/mol. The van der Waals surface area contributed by atoms with Crippen molar-refractivity contribution in [2.24, 2.45) is 0 Å². The summed E-state index contributed by atoms with van der Waals surface area (Å²) in [7, 11) is 0. The number of aliphatic carboxylic acids is 1. The van der Waals surface area contributed by atoms with Crippen LogP contribution in [0.2, 0.25) is 0 Å². The second-order valence-electron chi connectivity index (χ2n) is 5.31. The number of rotatable bonds is 4. The van der Waals surface area contributed by atoms with Gasteiger partial charge in [-0.25, -0.2) is 4.79 Å². The van der Waals surface area contributed by atoms with Gasteiger partial charge in [-0.05, 0) is 31.0 Å². The van der Waals surface area contributed by atoms with Gasteiger partial charge in [-0.3, -0.25) is 9.59 Å². The van der Waals surface area contributed by atoms with Gasteiger partial charge in [-0.2, -0.15) is 0 Å². The molecule has 0 unspecified atom stereocenters. The van der Waals surface area contributed by atoms with Crippen molar-refractivity contribution >= 4 is 23.5 Å². The van der Waals surface area contributed by atoms with Crippen LogP contribution in [0.4, 0.5) is 5.69 Å². The minimum atomic E-state index is -1.17. The van der Waals surface area contributed by atoms with Gasteiger partial charge in [-0.1, -0.05) is 18.9 Å². The summed E-state index contributed by atoms with van der Waals surface area (Å²) in [6.45, 7) is 1.38. The molecular weight excluding hydrogens is 272 g/mol. The normalized spacial score (nSPS) is 16.2. The van der Waals surface area contributed by atoms with E-state index in [1.807, 2.05) is 0 Å². The standard InChI is InChI=1S/C15H18N2O4/c1-10(18)16-12-6-4-5-11(9-12)13(19)17-15(14(20)21)7-2-3-8-15/h4-6,9H,2-3,7-8H2,1H3,(H,16,18)(H,17,19)(H,20,21). The summed E-state index contributed by atoms with van der Waals surface area (Å²) in [4.78, 5) is 34.7. The van der Waals surface area contributed by atoms with Gasteiger partial charge in [0.15, 0.2) is 0 Å². The number of carboxylic acid groups (broad SMARTS) is 1. The Hall–Kier alpha value is -2.37. The van der Waals surface area contributed by atoms with E-state index in [1.54, 1.807) is 18.2 Å². The maximum absolute atomic E-state index is 12.3. The Kier molecular flexibility index (Phi) is 4.26. The fourth-order valence-electron chi connectivity index (χ4n) is 2.60. The molecule has 112 valence electrons. The van der Waals surface area contributed by atoms with E-state index in [0.717, 1.165) is 12.8 Å². The van der Waals surface area contributed by atoms with Gasteiger partial charge in [0.25, 0.3) is 5.91 Å². The zero-order chi connectivity index (χ0) is 15.5. The minimum absolute atomic E-state index is 0.231. The summed E-state index contributed by atoms with van der Waals surface area (Å²) in [5.41, 5.74) is -0.333. The number of anilines is 1. The molecule has 0 bridgehead atoms. The number of hydrogen-bond donors (Lipinski definition) is 3. The lowest BCUT2D eigenvalue weighted by atomic mass is 9.97. The Morgan fingerprint density at radius 2 is 1.86 bits per heavy atom. The maximum atomic E-state index is 12.3. The molecule has 1 aromatic rings. The molecule has 1 fully saturated rings. The van der Waals surface area contributed by atoms with Crippen LogP contribution in [0.15, 0.2) is 24.3 Å². The number of hydrogen-bond acceptors (Lipinski definition) is 3. The van der Waals surface area contributed by atoms with Crippen LogP contribution in [0.3, 0.4) is 0 Å². The summed E-state index contributed by atoms with van der Waals surface area (Å²) in [5, 5.41) is 14.6. The molecule has 0 aromatic heterocycles. The van der Waals surface area contributed by atoms with Crippen molar-refractivity contribution in [3.8, 4) is 0 Å². The molecule has 1 aromatic carbocycles.